The third-order valence-corrected chi connectivity index (χ3v) is 4.59. The standard InChI is InChI=1S/C24H22FN/c1-2-3-4-7-18-8-5-11-21(14-18)24-16-22(25)12-13-23(24)20-10-6-9-19(15-20)17-26/h5-6,8-16H,2-4,7H2,1H3. The van der Waals surface area contributed by atoms with Crippen LogP contribution in [0.15, 0.2) is 66.7 Å². The molecule has 26 heavy (non-hydrogen) atoms. The summed E-state index contributed by atoms with van der Waals surface area (Å²) in [5.74, 6) is -0.253. The van der Waals surface area contributed by atoms with Crippen LogP contribution in [-0.2, 0) is 6.42 Å². The van der Waals surface area contributed by atoms with E-state index in [4.69, 9.17) is 5.26 Å². The van der Waals surface area contributed by atoms with Gasteiger partial charge in [-0.1, -0.05) is 62.2 Å². The number of hydrogen-bond acceptors (Lipinski definition) is 1. The quantitative estimate of drug-likeness (QED) is 0.453. The highest BCUT2D eigenvalue weighted by Crippen LogP contribution is 2.33. The van der Waals surface area contributed by atoms with Crippen molar-refractivity contribution in [1.29, 1.82) is 5.26 Å². The first-order chi connectivity index (χ1) is 12.7. The molecule has 3 rings (SSSR count). The van der Waals surface area contributed by atoms with E-state index in [-0.39, 0.29) is 5.82 Å². The maximum absolute atomic E-state index is 14.0. The molecular formula is C24H22FN. The molecule has 130 valence electrons. The lowest BCUT2D eigenvalue weighted by Gasteiger charge is -2.12. The molecule has 0 aliphatic rings. The van der Waals surface area contributed by atoms with Crippen molar-refractivity contribution in [2.45, 2.75) is 32.6 Å². The Hall–Kier alpha value is -2.92. The summed E-state index contributed by atoms with van der Waals surface area (Å²) in [5, 5.41) is 9.17. The van der Waals surface area contributed by atoms with E-state index in [1.807, 2.05) is 30.3 Å². The Bertz CT molecular complexity index is 937. The Morgan fingerprint density at radius 1 is 0.846 bits per heavy atom. The molecule has 0 spiro atoms. The van der Waals surface area contributed by atoms with E-state index in [0.717, 1.165) is 28.7 Å². The van der Waals surface area contributed by atoms with Crippen LogP contribution in [0.4, 0.5) is 4.39 Å². The van der Waals surface area contributed by atoms with Crippen LogP contribution in [0.5, 0.6) is 0 Å². The van der Waals surface area contributed by atoms with Crippen LogP contribution in [0.25, 0.3) is 22.3 Å². The number of nitrogens with zero attached hydrogens (tertiary/aromatic N) is 1. The largest absolute Gasteiger partial charge is 0.207 e. The van der Waals surface area contributed by atoms with Gasteiger partial charge in [0, 0.05) is 0 Å². The predicted molar refractivity (Wildman–Crippen MR) is 105 cm³/mol. The van der Waals surface area contributed by atoms with Gasteiger partial charge in [0.05, 0.1) is 11.6 Å². The van der Waals surface area contributed by atoms with Gasteiger partial charge >= 0.3 is 0 Å². The highest BCUT2D eigenvalue weighted by Gasteiger charge is 2.10. The molecule has 2 heteroatoms. The summed E-state index contributed by atoms with van der Waals surface area (Å²) in [6, 6.07) is 22.8. The topological polar surface area (TPSA) is 23.8 Å². The number of halogens is 1. The van der Waals surface area contributed by atoms with Crippen molar-refractivity contribution in [3.8, 4) is 28.3 Å². The number of hydrogen-bond donors (Lipinski definition) is 0. The zero-order valence-corrected chi connectivity index (χ0v) is 15.0. The van der Waals surface area contributed by atoms with E-state index in [0.29, 0.717) is 5.56 Å². The fraction of sp³-hybridized carbons (Fsp3) is 0.208. The van der Waals surface area contributed by atoms with Crippen molar-refractivity contribution >= 4 is 0 Å². The lowest BCUT2D eigenvalue weighted by atomic mass is 9.92. The van der Waals surface area contributed by atoms with Gasteiger partial charge in [-0.15, -0.1) is 0 Å². The maximum atomic E-state index is 14.0. The maximum Gasteiger partial charge on any atom is 0.123 e. The van der Waals surface area contributed by atoms with Crippen LogP contribution in [0.3, 0.4) is 0 Å². The molecule has 3 aromatic rings. The molecule has 3 aromatic carbocycles. The van der Waals surface area contributed by atoms with Crippen LogP contribution in [0.2, 0.25) is 0 Å². The molecule has 0 amide bonds. The molecular weight excluding hydrogens is 321 g/mol. The molecule has 0 N–H and O–H groups in total. The summed E-state index contributed by atoms with van der Waals surface area (Å²) in [4.78, 5) is 0. The second-order valence-electron chi connectivity index (χ2n) is 6.54. The van der Waals surface area contributed by atoms with Gasteiger partial charge < -0.3 is 0 Å². The normalized spacial score (nSPS) is 10.5. The van der Waals surface area contributed by atoms with E-state index in [9.17, 15) is 4.39 Å². The van der Waals surface area contributed by atoms with Crippen molar-refractivity contribution in [1.82, 2.24) is 0 Å². The first-order valence-corrected chi connectivity index (χ1v) is 9.10. The average Bonchev–Trinajstić information content (AvgIpc) is 2.68. The van der Waals surface area contributed by atoms with Crippen LogP contribution >= 0.6 is 0 Å². The number of benzene rings is 3. The lowest BCUT2D eigenvalue weighted by Crippen LogP contribution is -1.91. The first kappa shape index (κ1) is 17.9. The zero-order chi connectivity index (χ0) is 18.4. The first-order valence-electron chi connectivity index (χ1n) is 9.10. The van der Waals surface area contributed by atoms with Crippen LogP contribution in [0, 0.1) is 17.1 Å². The van der Waals surface area contributed by atoms with Gasteiger partial charge in [0.1, 0.15) is 5.82 Å². The van der Waals surface area contributed by atoms with Crippen molar-refractivity contribution in [2.75, 3.05) is 0 Å². The van der Waals surface area contributed by atoms with Gasteiger partial charge in [-0.2, -0.15) is 5.26 Å². The molecule has 0 saturated carbocycles. The predicted octanol–water partition coefficient (Wildman–Crippen LogP) is 6.76. The minimum Gasteiger partial charge on any atom is -0.207 e. The van der Waals surface area contributed by atoms with Crippen LogP contribution in [-0.4, -0.2) is 0 Å². The summed E-state index contributed by atoms with van der Waals surface area (Å²) >= 11 is 0. The molecule has 0 bridgehead atoms. The molecule has 0 fully saturated rings. The van der Waals surface area contributed by atoms with Gasteiger partial charge in [0.2, 0.25) is 0 Å². The van der Waals surface area contributed by atoms with Crippen molar-refractivity contribution in [2.24, 2.45) is 0 Å². The molecule has 0 aliphatic heterocycles. The van der Waals surface area contributed by atoms with E-state index >= 15 is 0 Å². The van der Waals surface area contributed by atoms with Gasteiger partial charge in [-0.25, -0.2) is 4.39 Å². The Labute approximate surface area is 154 Å². The molecule has 0 aromatic heterocycles. The molecule has 0 heterocycles. The van der Waals surface area contributed by atoms with E-state index in [1.54, 1.807) is 18.2 Å². The van der Waals surface area contributed by atoms with Crippen molar-refractivity contribution in [3.05, 3.63) is 83.7 Å². The minimum atomic E-state index is -0.253. The smallest absolute Gasteiger partial charge is 0.123 e. The zero-order valence-electron chi connectivity index (χ0n) is 15.0. The third-order valence-electron chi connectivity index (χ3n) is 4.59. The lowest BCUT2D eigenvalue weighted by molar-refractivity contribution is 0.628. The SMILES string of the molecule is CCCCCc1cccc(-c2cc(F)ccc2-c2cccc(C#N)c2)c1. The van der Waals surface area contributed by atoms with Gasteiger partial charge in [0.15, 0.2) is 0 Å². The fourth-order valence-corrected chi connectivity index (χ4v) is 3.24. The Morgan fingerprint density at radius 3 is 2.38 bits per heavy atom. The molecule has 1 nitrogen and oxygen atoms in total. The summed E-state index contributed by atoms with van der Waals surface area (Å²) < 4.78 is 14.0. The minimum absolute atomic E-state index is 0.253. The highest BCUT2D eigenvalue weighted by atomic mass is 19.1. The Morgan fingerprint density at radius 2 is 1.62 bits per heavy atom. The van der Waals surface area contributed by atoms with E-state index in [2.05, 4.69) is 25.1 Å². The average molecular weight is 343 g/mol. The third kappa shape index (κ3) is 4.18. The van der Waals surface area contributed by atoms with Crippen molar-refractivity contribution < 1.29 is 4.39 Å². The molecule has 0 unspecified atom stereocenters. The Kier molecular flexibility index (Phi) is 5.81. The number of nitriles is 1. The van der Waals surface area contributed by atoms with Crippen LogP contribution in [0.1, 0.15) is 37.3 Å². The van der Waals surface area contributed by atoms with E-state index < -0.39 is 0 Å². The van der Waals surface area contributed by atoms with Gasteiger partial charge in [-0.05, 0) is 64.9 Å². The van der Waals surface area contributed by atoms with E-state index in [1.165, 1.54) is 30.9 Å². The summed E-state index contributed by atoms with van der Waals surface area (Å²) in [7, 11) is 0. The summed E-state index contributed by atoms with van der Waals surface area (Å²) in [6.07, 6.45) is 4.62. The van der Waals surface area contributed by atoms with Gasteiger partial charge in [-0.3, -0.25) is 0 Å². The second kappa shape index (κ2) is 8.45. The molecule has 0 atom stereocenters. The number of aryl methyl sites for hydroxylation is 1. The van der Waals surface area contributed by atoms with Crippen LogP contribution < -0.4 is 0 Å². The monoisotopic (exact) mass is 343 g/mol. The summed E-state index contributed by atoms with van der Waals surface area (Å²) in [6.45, 7) is 2.20. The molecule has 0 radical (unpaired) electrons. The molecule has 0 aliphatic carbocycles. The summed E-state index contributed by atoms with van der Waals surface area (Å²) in [5.41, 5.74) is 5.61. The number of rotatable bonds is 6. The fourth-order valence-electron chi connectivity index (χ4n) is 3.24. The Balaban J connectivity index is 2.03. The number of unbranched alkanes of at least 4 members (excludes halogenated alkanes) is 2. The van der Waals surface area contributed by atoms with Crippen molar-refractivity contribution in [3.63, 3.8) is 0 Å². The van der Waals surface area contributed by atoms with Gasteiger partial charge in [0.25, 0.3) is 0 Å². The second-order valence-corrected chi connectivity index (χ2v) is 6.54. The highest BCUT2D eigenvalue weighted by molar-refractivity contribution is 5.84. The molecule has 0 saturated heterocycles.